The van der Waals surface area contributed by atoms with Gasteiger partial charge in [0, 0.05) is 17.4 Å². The van der Waals surface area contributed by atoms with Gasteiger partial charge in [0.25, 0.3) is 0 Å². The zero-order valence-corrected chi connectivity index (χ0v) is 12.8. The van der Waals surface area contributed by atoms with Gasteiger partial charge in [0.15, 0.2) is 0 Å². The van der Waals surface area contributed by atoms with E-state index in [2.05, 4.69) is 11.4 Å². The molecule has 5 rings (SSSR count). The van der Waals surface area contributed by atoms with Crippen molar-refractivity contribution in [1.82, 2.24) is 5.32 Å². The van der Waals surface area contributed by atoms with Crippen LogP contribution in [0, 0.1) is 40.4 Å². The van der Waals surface area contributed by atoms with E-state index in [1.807, 2.05) is 0 Å². The van der Waals surface area contributed by atoms with Crippen molar-refractivity contribution < 1.29 is 4.79 Å². The molecule has 0 unspecified atom stereocenters. The van der Waals surface area contributed by atoms with E-state index in [0.29, 0.717) is 11.9 Å². The van der Waals surface area contributed by atoms with Gasteiger partial charge in [-0.05, 0) is 82.0 Å². The highest BCUT2D eigenvalue weighted by molar-refractivity contribution is 5.83. The molecule has 0 aromatic heterocycles. The standard InChI is InChI=1S/C18H26N2O/c19-11-12-1-3-16(4-2-12)20-17(21)18-8-13-5-14(9-18)7-15(6-13)10-18/h12-16H,1-10H2,(H,20,21). The number of amides is 1. The highest BCUT2D eigenvalue weighted by atomic mass is 16.2. The van der Waals surface area contributed by atoms with Crippen LogP contribution in [0.3, 0.4) is 0 Å². The lowest BCUT2D eigenvalue weighted by Crippen LogP contribution is -2.55. The van der Waals surface area contributed by atoms with Gasteiger partial charge >= 0.3 is 0 Å². The lowest BCUT2D eigenvalue weighted by Gasteiger charge is -2.56. The van der Waals surface area contributed by atoms with Gasteiger partial charge in [0.2, 0.25) is 5.91 Å². The first-order valence-corrected chi connectivity index (χ1v) is 8.87. The van der Waals surface area contributed by atoms with Crippen LogP contribution in [-0.2, 0) is 4.79 Å². The van der Waals surface area contributed by atoms with Crippen molar-refractivity contribution >= 4 is 5.91 Å². The molecular weight excluding hydrogens is 260 g/mol. The van der Waals surface area contributed by atoms with E-state index in [1.54, 1.807) is 0 Å². The van der Waals surface area contributed by atoms with E-state index < -0.39 is 0 Å². The second kappa shape index (κ2) is 5.00. The normalized spacial score (nSPS) is 47.9. The Morgan fingerprint density at radius 2 is 1.48 bits per heavy atom. The third kappa shape index (κ3) is 2.37. The maximum Gasteiger partial charge on any atom is 0.226 e. The molecule has 3 nitrogen and oxygen atoms in total. The summed E-state index contributed by atoms with van der Waals surface area (Å²) in [5.41, 5.74) is -0.0131. The predicted octanol–water partition coefficient (Wildman–Crippen LogP) is 3.40. The van der Waals surface area contributed by atoms with Crippen LogP contribution in [0.4, 0.5) is 0 Å². The summed E-state index contributed by atoms with van der Waals surface area (Å²) < 4.78 is 0. The molecule has 0 atom stereocenters. The van der Waals surface area contributed by atoms with E-state index in [1.165, 1.54) is 19.3 Å². The van der Waals surface area contributed by atoms with Gasteiger partial charge < -0.3 is 5.32 Å². The number of nitriles is 1. The van der Waals surface area contributed by atoms with Gasteiger partial charge in [0.05, 0.1) is 6.07 Å². The molecule has 3 heteroatoms. The number of hydrogen-bond acceptors (Lipinski definition) is 2. The Bertz CT molecular complexity index is 435. The van der Waals surface area contributed by atoms with Crippen molar-refractivity contribution in [3.63, 3.8) is 0 Å². The summed E-state index contributed by atoms with van der Waals surface area (Å²) in [5, 5.41) is 12.3. The molecule has 114 valence electrons. The Balaban J connectivity index is 1.40. The number of carbonyl (C=O) groups is 1. The number of carbonyl (C=O) groups excluding carboxylic acids is 1. The molecule has 0 aliphatic heterocycles. The Morgan fingerprint density at radius 3 is 1.95 bits per heavy atom. The fraction of sp³-hybridized carbons (Fsp3) is 0.889. The molecule has 0 spiro atoms. The zero-order chi connectivity index (χ0) is 14.4. The highest BCUT2D eigenvalue weighted by Crippen LogP contribution is 2.60. The van der Waals surface area contributed by atoms with Crippen molar-refractivity contribution in [2.75, 3.05) is 0 Å². The zero-order valence-electron chi connectivity index (χ0n) is 12.8. The summed E-state index contributed by atoms with van der Waals surface area (Å²) in [6, 6.07) is 2.70. The first kappa shape index (κ1) is 13.6. The van der Waals surface area contributed by atoms with Crippen molar-refractivity contribution in [2.45, 2.75) is 70.3 Å². The first-order valence-electron chi connectivity index (χ1n) is 8.87. The van der Waals surface area contributed by atoms with Crippen LogP contribution in [0.2, 0.25) is 0 Å². The van der Waals surface area contributed by atoms with Gasteiger partial charge in [-0.25, -0.2) is 0 Å². The van der Waals surface area contributed by atoms with Crippen molar-refractivity contribution in [2.24, 2.45) is 29.1 Å². The fourth-order valence-corrected chi connectivity index (χ4v) is 6.09. The largest absolute Gasteiger partial charge is 0.353 e. The van der Waals surface area contributed by atoms with Crippen molar-refractivity contribution in [1.29, 1.82) is 5.26 Å². The van der Waals surface area contributed by atoms with Crippen LogP contribution in [0.5, 0.6) is 0 Å². The van der Waals surface area contributed by atoms with E-state index >= 15 is 0 Å². The van der Waals surface area contributed by atoms with Crippen LogP contribution in [0.1, 0.15) is 64.2 Å². The molecule has 0 saturated heterocycles. The summed E-state index contributed by atoms with van der Waals surface area (Å²) >= 11 is 0. The number of hydrogen-bond donors (Lipinski definition) is 1. The third-order valence-corrected chi connectivity index (χ3v) is 6.76. The van der Waals surface area contributed by atoms with E-state index in [9.17, 15) is 4.79 Å². The topological polar surface area (TPSA) is 52.9 Å². The van der Waals surface area contributed by atoms with Gasteiger partial charge in [-0.1, -0.05) is 0 Å². The molecule has 5 aliphatic rings. The second-order valence-corrected chi connectivity index (χ2v) is 8.35. The Morgan fingerprint density at radius 1 is 0.952 bits per heavy atom. The molecule has 5 saturated carbocycles. The second-order valence-electron chi connectivity index (χ2n) is 8.35. The van der Waals surface area contributed by atoms with Crippen molar-refractivity contribution in [3.8, 4) is 6.07 Å². The SMILES string of the molecule is N#CC1CCC(NC(=O)C23CC4CC(CC(C4)C2)C3)CC1. The maximum absolute atomic E-state index is 12.9. The average Bonchev–Trinajstić information content (AvgIpc) is 2.46. The Hall–Kier alpha value is -1.04. The summed E-state index contributed by atoms with van der Waals surface area (Å²) in [4.78, 5) is 12.9. The number of nitrogens with one attached hydrogen (secondary N) is 1. The molecule has 0 aromatic rings. The van der Waals surface area contributed by atoms with Gasteiger partial charge in [0.1, 0.15) is 0 Å². The van der Waals surface area contributed by atoms with Gasteiger partial charge in [-0.3, -0.25) is 4.79 Å². The molecule has 5 aliphatic carbocycles. The van der Waals surface area contributed by atoms with Crippen LogP contribution in [0.15, 0.2) is 0 Å². The van der Waals surface area contributed by atoms with Gasteiger partial charge in [-0.2, -0.15) is 5.26 Å². The molecule has 1 N–H and O–H groups in total. The first-order chi connectivity index (χ1) is 10.2. The summed E-state index contributed by atoms with van der Waals surface area (Å²) in [5.74, 6) is 3.07. The fourth-order valence-electron chi connectivity index (χ4n) is 6.09. The molecule has 0 radical (unpaired) electrons. The molecule has 0 aromatic carbocycles. The molecule has 0 heterocycles. The minimum atomic E-state index is -0.0131. The Kier molecular flexibility index (Phi) is 3.24. The minimum Gasteiger partial charge on any atom is -0.353 e. The molecule has 1 amide bonds. The van der Waals surface area contributed by atoms with Crippen LogP contribution >= 0.6 is 0 Å². The lowest BCUT2D eigenvalue weighted by molar-refractivity contribution is -0.147. The van der Waals surface area contributed by atoms with Crippen LogP contribution in [-0.4, -0.2) is 11.9 Å². The molecule has 21 heavy (non-hydrogen) atoms. The monoisotopic (exact) mass is 286 g/mol. The van der Waals surface area contributed by atoms with E-state index in [4.69, 9.17) is 5.26 Å². The van der Waals surface area contributed by atoms with Gasteiger partial charge in [-0.15, -0.1) is 0 Å². The average molecular weight is 286 g/mol. The number of nitrogens with zero attached hydrogens (tertiary/aromatic N) is 1. The predicted molar refractivity (Wildman–Crippen MR) is 80.1 cm³/mol. The van der Waals surface area contributed by atoms with E-state index in [-0.39, 0.29) is 11.3 Å². The summed E-state index contributed by atoms with van der Waals surface area (Å²) in [6.07, 6.45) is 11.5. The maximum atomic E-state index is 12.9. The summed E-state index contributed by atoms with van der Waals surface area (Å²) in [6.45, 7) is 0. The molecule has 5 fully saturated rings. The number of rotatable bonds is 2. The molecular formula is C18H26N2O. The third-order valence-electron chi connectivity index (χ3n) is 6.76. The lowest BCUT2D eigenvalue weighted by atomic mass is 9.49. The minimum absolute atomic E-state index is 0.0131. The summed E-state index contributed by atoms with van der Waals surface area (Å²) in [7, 11) is 0. The highest BCUT2D eigenvalue weighted by Gasteiger charge is 2.54. The quantitative estimate of drug-likeness (QED) is 0.846. The molecule has 4 bridgehead atoms. The van der Waals surface area contributed by atoms with E-state index in [0.717, 1.165) is 62.7 Å². The Labute approximate surface area is 127 Å². The van der Waals surface area contributed by atoms with Crippen LogP contribution in [0.25, 0.3) is 0 Å². The van der Waals surface area contributed by atoms with Crippen LogP contribution < -0.4 is 5.32 Å². The smallest absolute Gasteiger partial charge is 0.226 e. The van der Waals surface area contributed by atoms with Crippen molar-refractivity contribution in [3.05, 3.63) is 0 Å².